The second kappa shape index (κ2) is 11.9. The van der Waals surface area contributed by atoms with Gasteiger partial charge in [-0.1, -0.05) is 23.2 Å². The molecule has 0 saturated heterocycles. The Kier molecular flexibility index (Phi) is 12.7. The summed E-state index contributed by atoms with van der Waals surface area (Å²) in [6, 6.07) is 6.26. The van der Waals surface area contributed by atoms with E-state index in [1.807, 2.05) is 0 Å². The van der Waals surface area contributed by atoms with E-state index >= 15 is 0 Å². The monoisotopic (exact) mass is 442 g/mol. The van der Waals surface area contributed by atoms with E-state index in [1.165, 1.54) is 12.4 Å². The Balaban J connectivity index is 0. The summed E-state index contributed by atoms with van der Waals surface area (Å²) in [6.45, 7) is 0. The van der Waals surface area contributed by atoms with Crippen LogP contribution in [0.4, 0.5) is 0 Å². The number of pyridine rings is 2. The average Bonchev–Trinajstić information content (AvgIpc) is 2.46. The van der Waals surface area contributed by atoms with Gasteiger partial charge in [-0.2, -0.15) is 0 Å². The zero-order chi connectivity index (χ0) is 14.5. The predicted octanol–water partition coefficient (Wildman–Crippen LogP) is -2.37. The third kappa shape index (κ3) is 7.69. The predicted molar refractivity (Wildman–Crippen MR) is 76.4 cm³/mol. The number of ketones is 2. The number of carbonyl (C=O) groups excluding carboxylic acids is 2. The first-order valence-electron chi connectivity index (χ1n) is 5.86. The van der Waals surface area contributed by atoms with Crippen LogP contribution in [0.5, 0.6) is 0 Å². The number of rotatable bonds is 5. The van der Waals surface area contributed by atoms with E-state index in [0.29, 0.717) is 21.4 Å². The van der Waals surface area contributed by atoms with Gasteiger partial charge in [0.2, 0.25) is 0 Å². The number of hydrogen-bond acceptors (Lipinski definition) is 4. The van der Waals surface area contributed by atoms with Crippen molar-refractivity contribution in [2.45, 2.75) is 12.8 Å². The van der Waals surface area contributed by atoms with E-state index in [0.717, 1.165) is 0 Å². The molecule has 9 heteroatoms. The first-order valence-corrected chi connectivity index (χ1v) is 6.61. The van der Waals surface area contributed by atoms with Crippen molar-refractivity contribution in [2.75, 3.05) is 0 Å². The number of carbonyl (C=O) groups is 2. The molecule has 118 valence electrons. The fourth-order valence-corrected chi connectivity index (χ4v) is 1.82. The minimum atomic E-state index is -0.149. The van der Waals surface area contributed by atoms with Crippen molar-refractivity contribution in [2.24, 2.45) is 0 Å². The number of hydrogen-bond donors (Lipinski definition) is 0. The molecular weight excluding hydrogens is 435 g/mol. The molecule has 0 saturated carbocycles. The van der Waals surface area contributed by atoms with Crippen LogP contribution in [0.2, 0.25) is 10.3 Å². The van der Waals surface area contributed by atoms with Gasteiger partial charge in [0.05, 0.1) is 0 Å². The van der Waals surface area contributed by atoms with Crippen LogP contribution in [0.15, 0.2) is 36.7 Å². The van der Waals surface area contributed by atoms with Gasteiger partial charge >= 0.3 is 19.5 Å². The van der Waals surface area contributed by atoms with Crippen molar-refractivity contribution in [3.63, 3.8) is 0 Å². The van der Waals surface area contributed by atoms with Crippen molar-refractivity contribution in [1.29, 1.82) is 0 Å². The van der Waals surface area contributed by atoms with Gasteiger partial charge in [0.25, 0.3) is 0 Å². The van der Waals surface area contributed by atoms with Crippen molar-refractivity contribution in [3.05, 3.63) is 58.1 Å². The fraction of sp³-hybridized carbons (Fsp3) is 0.143. The maximum atomic E-state index is 11.9. The molecule has 0 aliphatic rings. The fourth-order valence-electron chi connectivity index (χ4n) is 1.60. The van der Waals surface area contributed by atoms with Crippen LogP contribution >= 0.6 is 23.2 Å². The molecule has 0 spiro atoms. The van der Waals surface area contributed by atoms with Crippen LogP contribution in [-0.4, -0.2) is 21.5 Å². The van der Waals surface area contributed by atoms with Crippen molar-refractivity contribution >= 4 is 34.8 Å². The zero-order valence-electron chi connectivity index (χ0n) is 11.8. The number of Topliss-reactive ketones (excluding diaryl/α,β-unsaturated/α-hetero) is 2. The quantitative estimate of drug-likeness (QED) is 0.294. The van der Waals surface area contributed by atoms with E-state index in [1.54, 1.807) is 24.3 Å². The Hall–Kier alpha value is -0.577. The first kappa shape index (κ1) is 24.7. The summed E-state index contributed by atoms with van der Waals surface area (Å²) in [5.74, 6) is -0.297. The molecule has 0 fully saturated rings. The molecular formula is C14H10Cl4N2O2Zn. The molecule has 0 bridgehead atoms. The standard InChI is InChI=1S/C14H10Cl2N2O2.2ClH.Zn/c15-13-5-1-9(7-17-13)11(19)3-4-12(20)10-2-6-14(16)18-8-10;;;/h1-2,5-8H,3-4H2;2*1H;/q;;;+2/p-2. The summed E-state index contributed by atoms with van der Waals surface area (Å²) in [6.07, 6.45) is 3.04. The molecule has 23 heavy (non-hydrogen) atoms. The molecule has 0 amide bonds. The topological polar surface area (TPSA) is 59.9 Å². The Morgan fingerprint density at radius 2 is 1.13 bits per heavy atom. The Bertz CT molecular complexity index is 579. The minimum absolute atomic E-state index is 0. The number of halogens is 4. The van der Waals surface area contributed by atoms with Crippen LogP contribution < -0.4 is 24.8 Å². The van der Waals surface area contributed by atoms with E-state index in [2.05, 4.69) is 9.97 Å². The van der Waals surface area contributed by atoms with E-state index in [4.69, 9.17) is 23.2 Å². The minimum Gasteiger partial charge on any atom is -1.00 e. The maximum absolute atomic E-state index is 11.9. The number of aromatic nitrogens is 2. The summed E-state index contributed by atoms with van der Waals surface area (Å²) in [4.78, 5) is 31.4. The molecule has 0 radical (unpaired) electrons. The summed E-state index contributed by atoms with van der Waals surface area (Å²) in [5, 5.41) is 0.648. The Morgan fingerprint density at radius 1 is 0.783 bits per heavy atom. The molecule has 0 unspecified atom stereocenters. The van der Waals surface area contributed by atoms with Gasteiger partial charge in [0.1, 0.15) is 10.3 Å². The maximum Gasteiger partial charge on any atom is 2.00 e. The Labute approximate surface area is 169 Å². The molecule has 0 N–H and O–H groups in total. The molecule has 0 atom stereocenters. The molecule has 0 aliphatic heterocycles. The van der Waals surface area contributed by atoms with Gasteiger partial charge in [0, 0.05) is 36.4 Å². The molecule has 0 aliphatic carbocycles. The largest absolute Gasteiger partial charge is 2.00 e. The van der Waals surface area contributed by atoms with Crippen LogP contribution in [0.3, 0.4) is 0 Å². The van der Waals surface area contributed by atoms with E-state index in [9.17, 15) is 9.59 Å². The van der Waals surface area contributed by atoms with Gasteiger partial charge in [-0.25, -0.2) is 9.97 Å². The smallest absolute Gasteiger partial charge is 1.00 e. The third-order valence-corrected chi connectivity index (χ3v) is 3.13. The van der Waals surface area contributed by atoms with Gasteiger partial charge in [-0.3, -0.25) is 9.59 Å². The molecule has 4 nitrogen and oxygen atoms in total. The molecule has 2 heterocycles. The molecule has 2 aromatic rings. The van der Waals surface area contributed by atoms with Gasteiger partial charge in [0.15, 0.2) is 11.6 Å². The Morgan fingerprint density at radius 3 is 1.39 bits per heavy atom. The van der Waals surface area contributed by atoms with Crippen LogP contribution in [-0.2, 0) is 19.5 Å². The van der Waals surface area contributed by atoms with Crippen molar-refractivity contribution < 1.29 is 53.9 Å². The van der Waals surface area contributed by atoms with Crippen LogP contribution in [0.1, 0.15) is 33.6 Å². The second-order valence-electron chi connectivity index (χ2n) is 4.09. The molecule has 0 aromatic carbocycles. The van der Waals surface area contributed by atoms with Crippen molar-refractivity contribution in [3.8, 4) is 0 Å². The van der Waals surface area contributed by atoms with Crippen LogP contribution in [0, 0.1) is 0 Å². The first-order chi connectivity index (χ1) is 9.56. The molecule has 2 rings (SSSR count). The zero-order valence-corrected chi connectivity index (χ0v) is 17.8. The van der Waals surface area contributed by atoms with Crippen molar-refractivity contribution in [1.82, 2.24) is 9.97 Å². The second-order valence-corrected chi connectivity index (χ2v) is 4.86. The van der Waals surface area contributed by atoms with E-state index in [-0.39, 0.29) is 68.7 Å². The summed E-state index contributed by atoms with van der Waals surface area (Å²) in [5.41, 5.74) is 0.882. The van der Waals surface area contributed by atoms with E-state index < -0.39 is 0 Å². The summed E-state index contributed by atoms with van der Waals surface area (Å²) < 4.78 is 0. The summed E-state index contributed by atoms with van der Waals surface area (Å²) in [7, 11) is 0. The average molecular weight is 445 g/mol. The molecule has 2 aromatic heterocycles. The van der Waals surface area contributed by atoms with Gasteiger partial charge in [-0.15, -0.1) is 0 Å². The normalized spacial score (nSPS) is 8.96. The van der Waals surface area contributed by atoms with Gasteiger partial charge < -0.3 is 24.8 Å². The SMILES string of the molecule is O=C(CCC(=O)c1ccc(Cl)nc1)c1ccc(Cl)nc1.[Cl-].[Cl-].[Zn+2]. The number of nitrogens with zero attached hydrogens (tertiary/aromatic N) is 2. The van der Waals surface area contributed by atoms with Crippen LogP contribution in [0.25, 0.3) is 0 Å². The summed E-state index contributed by atoms with van der Waals surface area (Å²) >= 11 is 11.3. The van der Waals surface area contributed by atoms with Gasteiger partial charge in [-0.05, 0) is 24.3 Å². The third-order valence-electron chi connectivity index (χ3n) is 2.68.